The van der Waals surface area contributed by atoms with E-state index in [0.717, 1.165) is 0 Å². The predicted octanol–water partition coefficient (Wildman–Crippen LogP) is 1.45. The van der Waals surface area contributed by atoms with Gasteiger partial charge in [-0.15, -0.1) is 0 Å². The van der Waals surface area contributed by atoms with E-state index in [2.05, 4.69) is 16.0 Å². The maximum absolute atomic E-state index is 13.4. The van der Waals surface area contributed by atoms with Crippen molar-refractivity contribution in [2.75, 3.05) is 0 Å². The minimum absolute atomic E-state index is 0.126. The Morgan fingerprint density at radius 1 is 0.733 bits per heavy atom. The molecule has 1 aromatic rings. The number of aliphatic carboxylic acids is 1. The number of primary amides is 1. The molecule has 0 aliphatic rings. The first-order valence-electron chi connectivity index (χ1n) is 14.3. The van der Waals surface area contributed by atoms with Gasteiger partial charge in [-0.05, 0) is 59.9 Å². The molecule has 0 spiro atoms. The number of alkyl carbamates (subject to hydrolysis) is 1. The minimum Gasteiger partial charge on any atom is -0.480 e. The summed E-state index contributed by atoms with van der Waals surface area (Å²) < 4.78 is 15.7. The van der Waals surface area contributed by atoms with E-state index in [9.17, 15) is 38.7 Å². The van der Waals surface area contributed by atoms with Crippen LogP contribution in [0.25, 0.3) is 0 Å². The van der Waals surface area contributed by atoms with Crippen LogP contribution in [0.1, 0.15) is 79.2 Å². The van der Waals surface area contributed by atoms with Crippen molar-refractivity contribution in [3.05, 3.63) is 35.9 Å². The maximum Gasteiger partial charge on any atom is 0.408 e. The van der Waals surface area contributed by atoms with Crippen molar-refractivity contribution in [3.63, 3.8) is 0 Å². The van der Waals surface area contributed by atoms with Crippen LogP contribution in [0.3, 0.4) is 0 Å². The fourth-order valence-corrected chi connectivity index (χ4v) is 3.68. The van der Waals surface area contributed by atoms with E-state index in [0.29, 0.717) is 5.56 Å². The summed E-state index contributed by atoms with van der Waals surface area (Å²) in [4.78, 5) is 87.1. The molecule has 0 aromatic heterocycles. The van der Waals surface area contributed by atoms with Crippen molar-refractivity contribution in [2.24, 2.45) is 5.73 Å². The number of nitrogens with one attached hydrogen (secondary N) is 3. The van der Waals surface area contributed by atoms with Gasteiger partial charge in [-0.1, -0.05) is 30.3 Å². The molecule has 15 heteroatoms. The molecule has 0 unspecified atom stereocenters. The predicted molar refractivity (Wildman–Crippen MR) is 159 cm³/mol. The number of nitrogens with two attached hydrogens (primary N) is 1. The Kier molecular flexibility index (Phi) is 15.0. The zero-order chi connectivity index (χ0) is 34.4. The second-order valence-electron chi connectivity index (χ2n) is 12.1. The average molecular weight is 637 g/mol. The van der Waals surface area contributed by atoms with Gasteiger partial charge in [0.25, 0.3) is 0 Å². The molecule has 15 nitrogen and oxygen atoms in total. The zero-order valence-corrected chi connectivity index (χ0v) is 26.5. The number of carbonyl (C=O) groups is 7. The first kappa shape index (κ1) is 38.3. The molecular formula is C30H44N4O11. The number of hydrogen-bond donors (Lipinski definition) is 5. The number of ether oxygens (including phenoxy) is 3. The van der Waals surface area contributed by atoms with Crippen molar-refractivity contribution in [1.29, 1.82) is 0 Å². The Balaban J connectivity index is 3.20. The lowest BCUT2D eigenvalue weighted by Gasteiger charge is -2.26. The lowest BCUT2D eigenvalue weighted by atomic mass is 10.1. The molecule has 0 aliphatic heterocycles. The molecule has 45 heavy (non-hydrogen) atoms. The fraction of sp³-hybridized carbons (Fsp3) is 0.567. The van der Waals surface area contributed by atoms with Gasteiger partial charge in [0, 0.05) is 12.8 Å². The van der Waals surface area contributed by atoms with Gasteiger partial charge in [-0.25, -0.2) is 9.59 Å². The molecule has 3 atom stereocenters. The number of carbonyl (C=O) groups excluding carboxylic acids is 6. The number of carboxylic acid groups (broad SMARTS) is 1. The highest BCUT2D eigenvalue weighted by Crippen LogP contribution is 2.13. The summed E-state index contributed by atoms with van der Waals surface area (Å²) in [6.07, 6.45) is -3.02. The maximum atomic E-state index is 13.4. The third-order valence-corrected chi connectivity index (χ3v) is 5.60. The second-order valence-corrected chi connectivity index (χ2v) is 12.1. The molecule has 0 heterocycles. The van der Waals surface area contributed by atoms with Crippen LogP contribution in [0.4, 0.5) is 4.79 Å². The summed E-state index contributed by atoms with van der Waals surface area (Å²) in [6.45, 7) is 9.59. The smallest absolute Gasteiger partial charge is 0.408 e. The first-order valence-corrected chi connectivity index (χ1v) is 14.3. The molecular weight excluding hydrogens is 592 g/mol. The van der Waals surface area contributed by atoms with E-state index < -0.39 is 77.5 Å². The highest BCUT2D eigenvalue weighted by atomic mass is 16.6. The molecule has 1 rings (SSSR count). The molecule has 0 saturated carbocycles. The van der Waals surface area contributed by atoms with Crippen molar-refractivity contribution in [3.8, 4) is 0 Å². The van der Waals surface area contributed by atoms with Crippen LogP contribution in [0, 0.1) is 0 Å². The summed E-state index contributed by atoms with van der Waals surface area (Å²) in [6, 6.07) is 4.01. The van der Waals surface area contributed by atoms with Gasteiger partial charge >= 0.3 is 24.0 Å². The number of amides is 4. The Morgan fingerprint density at radius 3 is 1.78 bits per heavy atom. The number of carboxylic acids is 1. The van der Waals surface area contributed by atoms with Gasteiger partial charge in [-0.3, -0.25) is 24.0 Å². The molecule has 250 valence electrons. The van der Waals surface area contributed by atoms with E-state index >= 15 is 0 Å². The molecule has 0 saturated heterocycles. The van der Waals surface area contributed by atoms with Gasteiger partial charge in [0.15, 0.2) is 0 Å². The van der Waals surface area contributed by atoms with Crippen LogP contribution in [0.5, 0.6) is 0 Å². The minimum atomic E-state index is -1.67. The second kappa shape index (κ2) is 17.6. The topological polar surface area (TPSA) is 230 Å². The molecule has 1 aromatic carbocycles. The van der Waals surface area contributed by atoms with E-state index in [1.165, 1.54) is 0 Å². The summed E-state index contributed by atoms with van der Waals surface area (Å²) in [5, 5.41) is 16.4. The standard InChI is InChI=1S/C30H44N4O11/c1-29(2,3)44-23(36)15-13-19(34-28(42)43-17-18-10-8-7-9-11-18)25(38)33-21(16-24(37)45-30(4,5)6)26(39)32-20(27(40)41)12-14-22(31)35/h7-11,19-21H,12-17H2,1-6H3,(H2,31,35)(H,32,39)(H,33,38)(H,34,42)(H,40,41)/t19-,20+,21-/m1/s1. The Labute approximate surface area is 261 Å². The van der Waals surface area contributed by atoms with Crippen LogP contribution >= 0.6 is 0 Å². The van der Waals surface area contributed by atoms with Gasteiger partial charge in [0.2, 0.25) is 17.7 Å². The lowest BCUT2D eigenvalue weighted by molar-refractivity contribution is -0.157. The quantitative estimate of drug-likeness (QED) is 0.129. The summed E-state index contributed by atoms with van der Waals surface area (Å²) in [5.41, 5.74) is 3.99. The van der Waals surface area contributed by atoms with Crippen molar-refractivity contribution in [2.45, 2.75) is 110 Å². The van der Waals surface area contributed by atoms with Crippen LogP contribution in [0.2, 0.25) is 0 Å². The normalized spacial score (nSPS) is 13.3. The number of esters is 2. The molecule has 0 radical (unpaired) electrons. The van der Waals surface area contributed by atoms with Gasteiger partial charge in [-0.2, -0.15) is 0 Å². The van der Waals surface area contributed by atoms with Crippen molar-refractivity contribution < 1.29 is 52.9 Å². The largest absolute Gasteiger partial charge is 0.480 e. The molecule has 0 bridgehead atoms. The third-order valence-electron chi connectivity index (χ3n) is 5.60. The number of hydrogen-bond acceptors (Lipinski definition) is 10. The molecule has 0 aliphatic carbocycles. The third kappa shape index (κ3) is 17.3. The van der Waals surface area contributed by atoms with E-state index in [1.54, 1.807) is 71.9 Å². The van der Waals surface area contributed by atoms with E-state index in [-0.39, 0.29) is 32.3 Å². The zero-order valence-electron chi connectivity index (χ0n) is 26.5. The number of rotatable bonds is 16. The van der Waals surface area contributed by atoms with Gasteiger partial charge in [0.05, 0.1) is 6.42 Å². The SMILES string of the molecule is CC(C)(C)OC(=O)CC[C@@H](NC(=O)OCc1ccccc1)C(=O)N[C@H](CC(=O)OC(C)(C)C)C(=O)N[C@@H](CCC(N)=O)C(=O)O. The van der Waals surface area contributed by atoms with Crippen molar-refractivity contribution in [1.82, 2.24) is 16.0 Å². The average Bonchev–Trinajstić information content (AvgIpc) is 2.89. The van der Waals surface area contributed by atoms with Crippen LogP contribution < -0.4 is 21.7 Å². The van der Waals surface area contributed by atoms with Gasteiger partial charge < -0.3 is 41.0 Å². The fourth-order valence-electron chi connectivity index (χ4n) is 3.68. The number of benzene rings is 1. The first-order chi connectivity index (χ1) is 20.8. The molecule has 4 amide bonds. The van der Waals surface area contributed by atoms with E-state index in [1.807, 2.05) is 0 Å². The Bertz CT molecular complexity index is 1210. The monoisotopic (exact) mass is 636 g/mol. The van der Waals surface area contributed by atoms with E-state index in [4.69, 9.17) is 19.9 Å². The molecule has 6 N–H and O–H groups in total. The summed E-state index contributed by atoms with van der Waals surface area (Å²) in [7, 11) is 0. The highest BCUT2D eigenvalue weighted by Gasteiger charge is 2.33. The highest BCUT2D eigenvalue weighted by molar-refractivity contribution is 5.95. The summed E-state index contributed by atoms with van der Waals surface area (Å²) >= 11 is 0. The van der Waals surface area contributed by atoms with Crippen LogP contribution in [-0.4, -0.2) is 76.2 Å². The Morgan fingerprint density at radius 2 is 1.24 bits per heavy atom. The van der Waals surface area contributed by atoms with Gasteiger partial charge in [0.1, 0.15) is 35.9 Å². The summed E-state index contributed by atoms with van der Waals surface area (Å²) in [5.74, 6) is -5.90. The Hall–Kier alpha value is -4.69. The van der Waals surface area contributed by atoms with Crippen molar-refractivity contribution >= 4 is 41.7 Å². The lowest BCUT2D eigenvalue weighted by Crippen LogP contribution is -2.56. The van der Waals surface area contributed by atoms with Crippen LogP contribution in [0.15, 0.2) is 30.3 Å². The van der Waals surface area contributed by atoms with Crippen LogP contribution in [-0.2, 0) is 49.6 Å². The molecule has 0 fully saturated rings.